The third-order valence-corrected chi connectivity index (χ3v) is 9.45. The largest absolute Gasteiger partial charge is 0.309 e. The van der Waals surface area contributed by atoms with Crippen LogP contribution in [0.5, 0.6) is 0 Å². The Morgan fingerprint density at radius 1 is 0.306 bits per heavy atom. The van der Waals surface area contributed by atoms with Crippen molar-refractivity contribution >= 4 is 43.9 Å². The smallest absolute Gasteiger partial charge is 0.145 e. The molecule has 0 fully saturated rings. The maximum atomic E-state index is 5.19. The first-order valence-electron chi connectivity index (χ1n) is 16.5. The maximum absolute atomic E-state index is 5.19. The van der Waals surface area contributed by atoms with Crippen LogP contribution in [0.15, 0.2) is 176 Å². The highest BCUT2D eigenvalue weighted by Gasteiger charge is 2.20. The number of imidazole rings is 2. The molecule has 5 nitrogen and oxygen atoms in total. The van der Waals surface area contributed by atoms with Gasteiger partial charge in [0.15, 0.2) is 0 Å². The molecule has 0 radical (unpaired) electrons. The molecule has 0 atom stereocenters. The van der Waals surface area contributed by atoms with Crippen molar-refractivity contribution in [2.45, 2.75) is 0 Å². The standard InChI is InChI=1S/C44H29N5/c1-4-14-32(15-5-1)47-39-26-24-30(43-45-37-20-10-12-22-41(37)48(43)33-16-6-2-7-17-33)28-35(39)36-29-31(25-27-40(36)47)44-46-38-21-11-13-23-42(38)49(44)34-18-8-3-9-19-34/h1-29H. The molecular formula is C44H29N5. The lowest BCUT2D eigenvalue weighted by Gasteiger charge is -2.11. The molecule has 0 N–H and O–H groups in total. The van der Waals surface area contributed by atoms with Gasteiger partial charge < -0.3 is 4.57 Å². The van der Waals surface area contributed by atoms with E-state index in [4.69, 9.17) is 9.97 Å². The Bertz CT molecular complexity index is 2630. The highest BCUT2D eigenvalue weighted by atomic mass is 15.1. The van der Waals surface area contributed by atoms with Crippen molar-refractivity contribution in [3.63, 3.8) is 0 Å². The Hall–Kier alpha value is -6.72. The van der Waals surface area contributed by atoms with E-state index in [-0.39, 0.29) is 0 Å². The van der Waals surface area contributed by atoms with Gasteiger partial charge >= 0.3 is 0 Å². The van der Waals surface area contributed by atoms with Gasteiger partial charge in [0.05, 0.1) is 33.1 Å². The first-order valence-corrected chi connectivity index (χ1v) is 16.5. The van der Waals surface area contributed by atoms with Crippen molar-refractivity contribution in [3.05, 3.63) is 176 Å². The zero-order chi connectivity index (χ0) is 32.3. The van der Waals surface area contributed by atoms with E-state index in [9.17, 15) is 0 Å². The van der Waals surface area contributed by atoms with Crippen LogP contribution >= 0.6 is 0 Å². The predicted molar refractivity (Wildman–Crippen MR) is 201 cm³/mol. The zero-order valence-corrected chi connectivity index (χ0v) is 26.5. The van der Waals surface area contributed by atoms with Gasteiger partial charge in [-0.15, -0.1) is 0 Å². The van der Waals surface area contributed by atoms with E-state index in [2.05, 4.69) is 190 Å². The summed E-state index contributed by atoms with van der Waals surface area (Å²) in [6.45, 7) is 0. The molecule has 49 heavy (non-hydrogen) atoms. The normalized spacial score (nSPS) is 11.7. The van der Waals surface area contributed by atoms with Gasteiger partial charge in [0.2, 0.25) is 0 Å². The SMILES string of the molecule is c1ccc(-n2c(-c3ccc4c(c3)c3cc(-c5nc6ccccc6n5-c5ccccc5)ccc3n4-c3ccccc3)nc3ccccc32)cc1. The third-order valence-electron chi connectivity index (χ3n) is 9.45. The molecule has 0 saturated carbocycles. The number of hydrogen-bond donors (Lipinski definition) is 0. The molecule has 0 spiro atoms. The molecule has 0 bridgehead atoms. The van der Waals surface area contributed by atoms with Crippen LogP contribution in [-0.2, 0) is 0 Å². The third kappa shape index (κ3) is 4.33. The lowest BCUT2D eigenvalue weighted by Crippen LogP contribution is -1.97. The first kappa shape index (κ1) is 27.4. The van der Waals surface area contributed by atoms with Gasteiger partial charge in [0.25, 0.3) is 0 Å². The van der Waals surface area contributed by atoms with Crippen molar-refractivity contribution in [2.24, 2.45) is 0 Å². The lowest BCUT2D eigenvalue weighted by atomic mass is 10.1. The molecule has 0 amide bonds. The molecule has 10 aromatic rings. The topological polar surface area (TPSA) is 40.6 Å². The van der Waals surface area contributed by atoms with Crippen molar-refractivity contribution < 1.29 is 0 Å². The van der Waals surface area contributed by atoms with Crippen LogP contribution in [0.25, 0.3) is 83.7 Å². The van der Waals surface area contributed by atoms with E-state index < -0.39 is 0 Å². The predicted octanol–water partition coefficient (Wildman–Crippen LogP) is 10.8. The summed E-state index contributed by atoms with van der Waals surface area (Å²) in [7, 11) is 0. The van der Waals surface area contributed by atoms with Gasteiger partial charge in [-0.1, -0.05) is 78.9 Å². The van der Waals surface area contributed by atoms with Crippen molar-refractivity contribution in [3.8, 4) is 39.8 Å². The number of benzene rings is 7. The second kappa shape index (κ2) is 10.9. The summed E-state index contributed by atoms with van der Waals surface area (Å²) in [6.07, 6.45) is 0. The average Bonchev–Trinajstić information content (AvgIpc) is 3.85. The lowest BCUT2D eigenvalue weighted by molar-refractivity contribution is 1.10. The summed E-state index contributed by atoms with van der Waals surface area (Å²) in [6, 6.07) is 61.8. The van der Waals surface area contributed by atoms with Crippen LogP contribution in [0.2, 0.25) is 0 Å². The van der Waals surface area contributed by atoms with E-state index in [1.807, 2.05) is 0 Å². The molecule has 0 saturated heterocycles. The van der Waals surface area contributed by atoms with Crippen LogP contribution in [-0.4, -0.2) is 23.7 Å². The minimum absolute atomic E-state index is 0.914. The number of rotatable bonds is 5. The Kier molecular flexibility index (Phi) is 6.11. The van der Waals surface area contributed by atoms with Gasteiger partial charge in [0, 0.05) is 39.0 Å². The number of aromatic nitrogens is 5. The zero-order valence-electron chi connectivity index (χ0n) is 26.5. The van der Waals surface area contributed by atoms with E-state index in [0.717, 1.165) is 83.7 Å². The molecule has 3 aromatic heterocycles. The molecule has 0 aliphatic heterocycles. The van der Waals surface area contributed by atoms with E-state index in [1.54, 1.807) is 0 Å². The fourth-order valence-electron chi connectivity index (χ4n) is 7.27. The molecule has 3 heterocycles. The fraction of sp³-hybridized carbons (Fsp3) is 0. The summed E-state index contributed by atoms with van der Waals surface area (Å²) >= 11 is 0. The van der Waals surface area contributed by atoms with Crippen molar-refractivity contribution in [1.82, 2.24) is 23.7 Å². The minimum atomic E-state index is 0.914. The fourth-order valence-corrected chi connectivity index (χ4v) is 7.27. The van der Waals surface area contributed by atoms with Crippen LogP contribution in [0, 0.1) is 0 Å². The Morgan fingerprint density at radius 3 is 1.10 bits per heavy atom. The molecule has 0 unspecified atom stereocenters. The van der Waals surface area contributed by atoms with Crippen LogP contribution in [0.3, 0.4) is 0 Å². The summed E-state index contributed by atoms with van der Waals surface area (Å²) in [5.41, 5.74) is 11.8. The summed E-state index contributed by atoms with van der Waals surface area (Å²) in [5.74, 6) is 1.83. The van der Waals surface area contributed by atoms with Gasteiger partial charge in [-0.2, -0.15) is 0 Å². The first-order chi connectivity index (χ1) is 24.3. The number of para-hydroxylation sites is 7. The van der Waals surface area contributed by atoms with Crippen LogP contribution in [0.4, 0.5) is 0 Å². The molecule has 0 aliphatic rings. The van der Waals surface area contributed by atoms with Gasteiger partial charge in [-0.3, -0.25) is 9.13 Å². The number of fused-ring (bicyclic) bond motifs is 5. The molecule has 10 rings (SSSR count). The highest BCUT2D eigenvalue weighted by Crippen LogP contribution is 2.39. The van der Waals surface area contributed by atoms with Gasteiger partial charge in [0.1, 0.15) is 11.6 Å². The Labute approximate surface area is 282 Å². The van der Waals surface area contributed by atoms with Gasteiger partial charge in [-0.25, -0.2) is 9.97 Å². The van der Waals surface area contributed by atoms with E-state index in [0.29, 0.717) is 0 Å². The second-order valence-electron chi connectivity index (χ2n) is 12.3. The average molecular weight is 628 g/mol. The maximum Gasteiger partial charge on any atom is 0.145 e. The molecule has 7 aromatic carbocycles. The molecule has 230 valence electrons. The highest BCUT2D eigenvalue weighted by molar-refractivity contribution is 6.11. The van der Waals surface area contributed by atoms with Crippen LogP contribution in [0.1, 0.15) is 0 Å². The summed E-state index contributed by atoms with van der Waals surface area (Å²) in [4.78, 5) is 10.4. The monoisotopic (exact) mass is 627 g/mol. The molecular weight excluding hydrogens is 599 g/mol. The van der Waals surface area contributed by atoms with E-state index in [1.165, 1.54) is 0 Å². The number of hydrogen-bond acceptors (Lipinski definition) is 2. The van der Waals surface area contributed by atoms with E-state index >= 15 is 0 Å². The summed E-state index contributed by atoms with van der Waals surface area (Å²) in [5, 5.41) is 2.32. The molecule has 5 heteroatoms. The second-order valence-corrected chi connectivity index (χ2v) is 12.3. The van der Waals surface area contributed by atoms with Gasteiger partial charge in [-0.05, 0) is 97.1 Å². The van der Waals surface area contributed by atoms with Crippen molar-refractivity contribution in [2.75, 3.05) is 0 Å². The Morgan fingerprint density at radius 2 is 0.673 bits per heavy atom. The Balaban J connectivity index is 1.25. The molecule has 0 aliphatic carbocycles. The summed E-state index contributed by atoms with van der Waals surface area (Å²) < 4.78 is 6.89. The van der Waals surface area contributed by atoms with Crippen LogP contribution < -0.4 is 0 Å². The quantitative estimate of drug-likeness (QED) is 0.190. The number of nitrogens with zero attached hydrogens (tertiary/aromatic N) is 5. The minimum Gasteiger partial charge on any atom is -0.309 e. The van der Waals surface area contributed by atoms with Crippen molar-refractivity contribution in [1.29, 1.82) is 0 Å².